The quantitative estimate of drug-likeness (QED) is 0.168. The van der Waals surface area contributed by atoms with Gasteiger partial charge in [-0.25, -0.2) is 18.4 Å². The molecule has 0 atom stereocenters. The van der Waals surface area contributed by atoms with Gasteiger partial charge in [-0.15, -0.1) is 13.2 Å². The van der Waals surface area contributed by atoms with Crippen molar-refractivity contribution >= 4 is 9.84 Å². The van der Waals surface area contributed by atoms with Crippen LogP contribution in [0.3, 0.4) is 0 Å². The summed E-state index contributed by atoms with van der Waals surface area (Å²) in [6, 6.07) is 15.8. The third-order valence-corrected chi connectivity index (χ3v) is 7.71. The van der Waals surface area contributed by atoms with Crippen LogP contribution < -0.4 is 4.74 Å². The third-order valence-electron chi connectivity index (χ3n) is 6.60. The summed E-state index contributed by atoms with van der Waals surface area (Å²) < 4.78 is 114. The average molecular weight is 636 g/mol. The molecule has 0 fully saturated rings. The Hall–Kier alpha value is -4.59. The molecule has 2 heterocycles. The second-order valence-corrected chi connectivity index (χ2v) is 11.8. The van der Waals surface area contributed by atoms with Crippen LogP contribution in [0.5, 0.6) is 5.75 Å². The smallest absolute Gasteiger partial charge is 0.440 e. The van der Waals surface area contributed by atoms with E-state index in [1.807, 2.05) is 0 Å². The van der Waals surface area contributed by atoms with Crippen molar-refractivity contribution in [3.8, 4) is 45.1 Å². The first kappa shape index (κ1) is 30.9. The maximum absolute atomic E-state index is 13.6. The molecule has 0 saturated heterocycles. The maximum atomic E-state index is 13.6. The van der Waals surface area contributed by atoms with Crippen LogP contribution in [0.25, 0.3) is 39.4 Å². The van der Waals surface area contributed by atoms with Gasteiger partial charge in [0, 0.05) is 30.0 Å². The molecule has 230 valence electrons. The fourth-order valence-electron chi connectivity index (χ4n) is 4.58. The lowest BCUT2D eigenvalue weighted by Crippen LogP contribution is -2.16. The molecule has 0 radical (unpaired) electrons. The van der Waals surface area contributed by atoms with Crippen LogP contribution >= 0.6 is 0 Å². The average Bonchev–Trinajstić information content (AvgIpc) is 3.56. The summed E-state index contributed by atoms with van der Waals surface area (Å²) in [5, 5.41) is 0. The molecule has 0 saturated carbocycles. The van der Waals surface area contributed by atoms with Crippen LogP contribution in [0.1, 0.15) is 24.3 Å². The largest absolute Gasteiger partial charge is 0.573 e. The molecule has 0 aliphatic rings. The second-order valence-electron chi connectivity index (χ2n) is 9.78. The van der Waals surface area contributed by atoms with E-state index in [-0.39, 0.29) is 33.8 Å². The molecule has 14 heteroatoms. The summed E-state index contributed by atoms with van der Waals surface area (Å²) in [4.78, 5) is 8.33. The predicted octanol–water partition coefficient (Wildman–Crippen LogP) is 8.05. The molecule has 5 rings (SSSR count). The van der Waals surface area contributed by atoms with Crippen LogP contribution in [-0.2, 0) is 22.4 Å². The Balaban J connectivity index is 1.74. The summed E-state index contributed by atoms with van der Waals surface area (Å²) in [6.45, 7) is 3.17. The van der Waals surface area contributed by atoms with Gasteiger partial charge in [-0.2, -0.15) is 13.2 Å². The van der Waals surface area contributed by atoms with Gasteiger partial charge in [0.2, 0.25) is 0 Å². The highest BCUT2D eigenvalue weighted by atomic mass is 32.2. The minimum absolute atomic E-state index is 0.0276. The Labute approximate surface area is 247 Å². The van der Waals surface area contributed by atoms with Gasteiger partial charge in [0.05, 0.1) is 10.6 Å². The van der Waals surface area contributed by atoms with Crippen LogP contribution in [0.4, 0.5) is 26.3 Å². The minimum Gasteiger partial charge on any atom is -0.440 e. The van der Waals surface area contributed by atoms with Crippen LogP contribution in [-0.4, -0.2) is 35.6 Å². The molecule has 7 nitrogen and oxygen atoms in total. The number of imidazole rings is 1. The molecule has 2 aromatic heterocycles. The van der Waals surface area contributed by atoms with E-state index in [0.29, 0.717) is 28.7 Å². The molecule has 0 aliphatic carbocycles. The molecule has 44 heavy (non-hydrogen) atoms. The fourth-order valence-corrected chi connectivity index (χ4v) is 5.24. The van der Waals surface area contributed by atoms with Gasteiger partial charge < -0.3 is 13.7 Å². The van der Waals surface area contributed by atoms with Crippen molar-refractivity contribution in [2.24, 2.45) is 0 Å². The van der Waals surface area contributed by atoms with E-state index in [2.05, 4.69) is 14.7 Å². The molecule has 0 unspecified atom stereocenters. The summed E-state index contributed by atoms with van der Waals surface area (Å²) in [7, 11) is -3.55. The summed E-state index contributed by atoms with van der Waals surface area (Å²) >= 11 is 0. The van der Waals surface area contributed by atoms with Crippen LogP contribution in [0.15, 0.2) is 82.2 Å². The zero-order chi connectivity index (χ0) is 32.0. The standard InChI is InChI=1S/C30H23F6N3O4S/c1-4-26-38-27(28(42-26)18-8-11-21(12-9-18)43-30(34,35)36)23-15-20(19-6-5-7-22(14-19)44(3,40)41)10-13-24(23)39-16-25(29(31,32)33)37-17(39)2/h5-16H,4H2,1-3H3. The highest BCUT2D eigenvalue weighted by Crippen LogP contribution is 2.40. The highest BCUT2D eigenvalue weighted by molar-refractivity contribution is 7.90. The summed E-state index contributed by atoms with van der Waals surface area (Å²) in [6.07, 6.45) is -7.36. The Morgan fingerprint density at radius 2 is 1.55 bits per heavy atom. The number of rotatable bonds is 7. The van der Waals surface area contributed by atoms with E-state index in [4.69, 9.17) is 4.42 Å². The molecule has 3 aromatic carbocycles. The highest BCUT2D eigenvalue weighted by Gasteiger charge is 2.35. The van der Waals surface area contributed by atoms with Gasteiger partial charge in [-0.3, -0.25) is 0 Å². The van der Waals surface area contributed by atoms with Crippen LogP contribution in [0, 0.1) is 6.92 Å². The number of ether oxygens (including phenoxy) is 1. The first-order valence-electron chi connectivity index (χ1n) is 13.0. The molecule has 0 N–H and O–H groups in total. The monoisotopic (exact) mass is 635 g/mol. The van der Waals surface area contributed by atoms with Gasteiger partial charge in [0.15, 0.2) is 27.2 Å². The minimum atomic E-state index is -4.89. The van der Waals surface area contributed by atoms with Gasteiger partial charge in [0.1, 0.15) is 17.3 Å². The lowest BCUT2D eigenvalue weighted by Gasteiger charge is -2.14. The second kappa shape index (κ2) is 11.2. The Morgan fingerprint density at radius 3 is 2.14 bits per heavy atom. The molecule has 0 aliphatic heterocycles. The molecule has 0 amide bonds. The number of hydrogen-bond donors (Lipinski definition) is 0. The Bertz CT molecular complexity index is 1940. The third kappa shape index (κ3) is 6.49. The van der Waals surface area contributed by atoms with Crippen molar-refractivity contribution < 1.29 is 43.9 Å². The number of halogens is 6. The van der Waals surface area contributed by atoms with Crippen molar-refractivity contribution in [1.82, 2.24) is 14.5 Å². The number of aromatic nitrogens is 3. The van der Waals surface area contributed by atoms with E-state index in [1.54, 1.807) is 37.3 Å². The topological polar surface area (TPSA) is 87.2 Å². The van der Waals surface area contributed by atoms with E-state index in [0.717, 1.165) is 24.6 Å². The first-order valence-corrected chi connectivity index (χ1v) is 14.9. The number of aryl methyl sites for hydroxylation is 2. The summed E-state index contributed by atoms with van der Waals surface area (Å²) in [5.74, 6) is -0.0168. The number of hydrogen-bond acceptors (Lipinski definition) is 6. The normalized spacial score (nSPS) is 12.5. The molecular formula is C30H23F6N3O4S. The lowest BCUT2D eigenvalue weighted by molar-refractivity contribution is -0.274. The van der Waals surface area contributed by atoms with Gasteiger partial charge in [-0.1, -0.05) is 25.1 Å². The Kier molecular flexibility index (Phi) is 7.82. The zero-order valence-corrected chi connectivity index (χ0v) is 24.1. The lowest BCUT2D eigenvalue weighted by atomic mass is 9.98. The number of alkyl halides is 6. The van der Waals surface area contributed by atoms with Gasteiger partial charge in [-0.05, 0) is 66.6 Å². The van der Waals surface area contributed by atoms with Crippen molar-refractivity contribution in [3.63, 3.8) is 0 Å². The Morgan fingerprint density at radius 1 is 0.886 bits per heavy atom. The van der Waals surface area contributed by atoms with Gasteiger partial charge >= 0.3 is 12.5 Å². The van der Waals surface area contributed by atoms with E-state index in [9.17, 15) is 34.8 Å². The number of oxazole rings is 1. The van der Waals surface area contributed by atoms with Crippen molar-refractivity contribution in [2.45, 2.75) is 37.7 Å². The maximum Gasteiger partial charge on any atom is 0.573 e. The molecular weight excluding hydrogens is 612 g/mol. The van der Waals surface area contributed by atoms with Gasteiger partial charge in [0.25, 0.3) is 0 Å². The number of nitrogens with zero attached hydrogens (tertiary/aromatic N) is 3. The molecule has 5 aromatic rings. The first-order chi connectivity index (χ1) is 20.5. The van der Waals surface area contributed by atoms with Crippen molar-refractivity contribution in [3.05, 3.63) is 90.3 Å². The van der Waals surface area contributed by atoms with Crippen molar-refractivity contribution in [1.29, 1.82) is 0 Å². The fraction of sp³-hybridized carbons (Fsp3) is 0.200. The molecule has 0 spiro atoms. The van der Waals surface area contributed by atoms with Crippen molar-refractivity contribution in [2.75, 3.05) is 6.26 Å². The summed E-state index contributed by atoms with van der Waals surface area (Å²) in [5.41, 5.74) is 0.996. The number of sulfone groups is 1. The van der Waals surface area contributed by atoms with E-state index < -0.39 is 33.8 Å². The van der Waals surface area contributed by atoms with Crippen LogP contribution in [0.2, 0.25) is 0 Å². The molecule has 0 bridgehead atoms. The number of benzene rings is 3. The predicted molar refractivity (Wildman–Crippen MR) is 149 cm³/mol. The zero-order valence-electron chi connectivity index (χ0n) is 23.3. The van der Waals surface area contributed by atoms with E-state index in [1.165, 1.54) is 35.8 Å². The van der Waals surface area contributed by atoms with E-state index >= 15 is 0 Å². The SMILES string of the molecule is CCc1nc(-c2cc(-c3cccc(S(C)(=O)=O)c3)ccc2-n2cc(C(F)(F)F)nc2C)c(-c2ccc(OC(F)(F)F)cc2)o1.